The van der Waals surface area contributed by atoms with Gasteiger partial charge in [-0.25, -0.2) is 0 Å². The third kappa shape index (κ3) is 2.52. The molecule has 0 N–H and O–H groups in total. The van der Waals surface area contributed by atoms with Gasteiger partial charge in [0.1, 0.15) is 0 Å². The van der Waals surface area contributed by atoms with Crippen LogP contribution >= 0.6 is 11.6 Å². The summed E-state index contributed by atoms with van der Waals surface area (Å²) in [4.78, 5) is 11.3. The van der Waals surface area contributed by atoms with Gasteiger partial charge in [-0.2, -0.15) is 18.4 Å². The Labute approximate surface area is 94.2 Å². The monoisotopic (exact) mass is 247 g/mol. The van der Waals surface area contributed by atoms with Gasteiger partial charge in [0.2, 0.25) is 0 Å². The van der Waals surface area contributed by atoms with Crippen LogP contribution in [0.1, 0.15) is 22.3 Å². The molecule has 16 heavy (non-hydrogen) atoms. The lowest BCUT2D eigenvalue weighted by Crippen LogP contribution is -2.09. The van der Waals surface area contributed by atoms with Crippen molar-refractivity contribution in [2.75, 3.05) is 0 Å². The number of nitriles is 1. The summed E-state index contributed by atoms with van der Waals surface area (Å²) in [6.07, 6.45) is -5.11. The quantitative estimate of drug-likeness (QED) is 0.751. The molecule has 6 heteroatoms. The second-order valence-corrected chi connectivity index (χ2v) is 3.30. The maximum Gasteiger partial charge on any atom is 0.417 e. The van der Waals surface area contributed by atoms with E-state index < -0.39 is 29.0 Å². The molecule has 1 aromatic carbocycles. The molecule has 0 unspecified atom stereocenters. The van der Waals surface area contributed by atoms with Crippen LogP contribution in [0.2, 0.25) is 5.02 Å². The molecule has 0 fully saturated rings. The maximum atomic E-state index is 12.4. The minimum absolute atomic E-state index is 0.280. The van der Waals surface area contributed by atoms with E-state index in [1.807, 2.05) is 0 Å². The van der Waals surface area contributed by atoms with E-state index in [1.54, 1.807) is 6.07 Å². The lowest BCUT2D eigenvalue weighted by molar-refractivity contribution is -0.137. The van der Waals surface area contributed by atoms with Gasteiger partial charge >= 0.3 is 6.18 Å². The number of hydrogen-bond donors (Lipinski definition) is 0. The van der Waals surface area contributed by atoms with Crippen LogP contribution < -0.4 is 0 Å². The van der Waals surface area contributed by atoms with Crippen LogP contribution in [-0.4, -0.2) is 5.78 Å². The van der Waals surface area contributed by atoms with E-state index in [1.165, 1.54) is 0 Å². The summed E-state index contributed by atoms with van der Waals surface area (Å²) in [5.74, 6) is -0.724. The molecule has 0 aromatic heterocycles. The molecule has 0 aliphatic carbocycles. The molecule has 1 rings (SSSR count). The number of halogens is 4. The first-order valence-corrected chi connectivity index (χ1v) is 4.51. The Morgan fingerprint density at radius 2 is 2.06 bits per heavy atom. The van der Waals surface area contributed by atoms with Gasteiger partial charge in [-0.15, -0.1) is 0 Å². The van der Waals surface area contributed by atoms with Gasteiger partial charge < -0.3 is 0 Å². The minimum atomic E-state index is -4.61. The standard InChI is InChI=1S/C10H5ClF3NO/c11-9-6(8(16)4-5-15)2-1-3-7(9)10(12,13)14/h1-3H,4H2. The highest BCUT2D eigenvalue weighted by Crippen LogP contribution is 2.36. The average Bonchev–Trinajstić information content (AvgIpc) is 2.16. The zero-order valence-corrected chi connectivity index (χ0v) is 8.56. The van der Waals surface area contributed by atoms with Crippen LogP contribution in [0.25, 0.3) is 0 Å². The second-order valence-electron chi connectivity index (χ2n) is 2.92. The number of carbonyl (C=O) groups is 1. The topological polar surface area (TPSA) is 40.9 Å². The summed E-state index contributed by atoms with van der Waals surface area (Å²) in [5, 5.41) is 7.62. The van der Waals surface area contributed by atoms with Gasteiger partial charge in [-0.3, -0.25) is 4.79 Å². The van der Waals surface area contributed by atoms with Crippen LogP contribution in [0, 0.1) is 11.3 Å². The summed E-state index contributed by atoms with van der Waals surface area (Å²) >= 11 is 5.47. The molecule has 0 aliphatic rings. The van der Waals surface area contributed by atoms with E-state index in [9.17, 15) is 18.0 Å². The Kier molecular flexibility index (Phi) is 3.55. The molecule has 0 spiro atoms. The molecule has 2 nitrogen and oxygen atoms in total. The molecule has 1 aromatic rings. The average molecular weight is 248 g/mol. The fraction of sp³-hybridized carbons (Fsp3) is 0.200. The SMILES string of the molecule is N#CCC(=O)c1cccc(C(F)(F)F)c1Cl. The number of rotatable bonds is 2. The first kappa shape index (κ1) is 12.5. The Balaban J connectivity index is 3.26. The molecule has 84 valence electrons. The summed E-state index contributed by atoms with van der Waals surface area (Å²) in [5.41, 5.74) is -1.35. The summed E-state index contributed by atoms with van der Waals surface area (Å²) < 4.78 is 37.3. The number of hydrogen-bond acceptors (Lipinski definition) is 2. The molecule has 0 radical (unpaired) electrons. The van der Waals surface area contributed by atoms with Crippen molar-refractivity contribution in [3.05, 3.63) is 34.3 Å². The second kappa shape index (κ2) is 4.54. The Hall–Kier alpha value is -1.54. The molecular formula is C10H5ClF3NO. The van der Waals surface area contributed by atoms with Gasteiger partial charge in [-0.05, 0) is 12.1 Å². The zero-order valence-electron chi connectivity index (χ0n) is 7.81. The third-order valence-electron chi connectivity index (χ3n) is 1.84. The molecule has 0 bridgehead atoms. The van der Waals surface area contributed by atoms with Crippen LogP contribution in [-0.2, 0) is 6.18 Å². The highest BCUT2D eigenvalue weighted by molar-refractivity contribution is 6.34. The van der Waals surface area contributed by atoms with Crippen LogP contribution in [0.5, 0.6) is 0 Å². The Morgan fingerprint density at radius 1 is 1.44 bits per heavy atom. The predicted molar refractivity (Wildman–Crippen MR) is 51.0 cm³/mol. The maximum absolute atomic E-state index is 12.4. The molecule has 0 amide bonds. The highest BCUT2D eigenvalue weighted by atomic mass is 35.5. The van der Waals surface area contributed by atoms with Gasteiger partial charge in [0, 0.05) is 5.56 Å². The van der Waals surface area contributed by atoms with E-state index in [-0.39, 0.29) is 5.56 Å². The van der Waals surface area contributed by atoms with Gasteiger partial charge in [0.25, 0.3) is 0 Å². The van der Waals surface area contributed by atoms with Gasteiger partial charge in [0.15, 0.2) is 5.78 Å². The molecule has 0 saturated heterocycles. The Bertz CT molecular complexity index is 462. The summed E-state index contributed by atoms with van der Waals surface area (Å²) in [7, 11) is 0. The van der Waals surface area contributed by atoms with Crippen LogP contribution in [0.4, 0.5) is 13.2 Å². The third-order valence-corrected chi connectivity index (χ3v) is 2.25. The number of carbonyl (C=O) groups excluding carboxylic acids is 1. The zero-order chi connectivity index (χ0) is 12.3. The van der Waals surface area contributed by atoms with E-state index >= 15 is 0 Å². The number of Topliss-reactive ketones (excluding diaryl/α,β-unsaturated/α-hetero) is 1. The van der Waals surface area contributed by atoms with Crippen molar-refractivity contribution in [3.8, 4) is 6.07 Å². The fourth-order valence-corrected chi connectivity index (χ4v) is 1.47. The van der Waals surface area contributed by atoms with Crippen LogP contribution in [0.15, 0.2) is 18.2 Å². The van der Waals surface area contributed by atoms with E-state index in [0.29, 0.717) is 0 Å². The lowest BCUT2D eigenvalue weighted by atomic mass is 10.1. The number of benzene rings is 1. The molecule has 0 heterocycles. The van der Waals surface area contributed by atoms with Crippen molar-refractivity contribution in [3.63, 3.8) is 0 Å². The van der Waals surface area contributed by atoms with E-state index in [2.05, 4.69) is 0 Å². The van der Waals surface area contributed by atoms with Crippen molar-refractivity contribution in [2.24, 2.45) is 0 Å². The first-order valence-electron chi connectivity index (χ1n) is 4.13. The van der Waals surface area contributed by atoms with Gasteiger partial charge in [0.05, 0.1) is 23.1 Å². The number of alkyl halides is 3. The first-order chi connectivity index (χ1) is 7.38. The van der Waals surface area contributed by atoms with Crippen molar-refractivity contribution < 1.29 is 18.0 Å². The van der Waals surface area contributed by atoms with E-state index in [4.69, 9.17) is 16.9 Å². The largest absolute Gasteiger partial charge is 0.417 e. The Morgan fingerprint density at radius 3 is 2.56 bits per heavy atom. The van der Waals surface area contributed by atoms with Crippen molar-refractivity contribution in [1.82, 2.24) is 0 Å². The normalized spacial score (nSPS) is 10.9. The number of nitrogens with zero attached hydrogens (tertiary/aromatic N) is 1. The van der Waals surface area contributed by atoms with Crippen molar-refractivity contribution in [1.29, 1.82) is 5.26 Å². The smallest absolute Gasteiger partial charge is 0.293 e. The molecule has 0 atom stereocenters. The minimum Gasteiger partial charge on any atom is -0.293 e. The van der Waals surface area contributed by atoms with Crippen LogP contribution in [0.3, 0.4) is 0 Å². The van der Waals surface area contributed by atoms with Crippen molar-refractivity contribution in [2.45, 2.75) is 12.6 Å². The fourth-order valence-electron chi connectivity index (χ4n) is 1.13. The predicted octanol–water partition coefficient (Wildman–Crippen LogP) is 3.46. The number of ketones is 1. The lowest BCUT2D eigenvalue weighted by Gasteiger charge is -2.10. The summed E-state index contributed by atoms with van der Waals surface area (Å²) in [6, 6.07) is 4.59. The highest BCUT2D eigenvalue weighted by Gasteiger charge is 2.34. The summed E-state index contributed by atoms with van der Waals surface area (Å²) in [6.45, 7) is 0. The molecular weight excluding hydrogens is 243 g/mol. The molecule has 0 saturated carbocycles. The van der Waals surface area contributed by atoms with E-state index in [0.717, 1.165) is 18.2 Å². The molecule has 0 aliphatic heterocycles. The van der Waals surface area contributed by atoms with Gasteiger partial charge in [-0.1, -0.05) is 17.7 Å². The van der Waals surface area contributed by atoms with Crippen molar-refractivity contribution >= 4 is 17.4 Å².